The predicted molar refractivity (Wildman–Crippen MR) is 99.2 cm³/mol. The van der Waals surface area contributed by atoms with Crippen LogP contribution < -0.4 is 10.1 Å². The van der Waals surface area contributed by atoms with Crippen molar-refractivity contribution in [2.75, 3.05) is 33.4 Å². The first-order chi connectivity index (χ1) is 12.8. The number of ether oxygens (including phenoxy) is 2. The van der Waals surface area contributed by atoms with Gasteiger partial charge in [-0.2, -0.15) is 0 Å². The smallest absolute Gasteiger partial charge is 0.317 e. The number of carbonyl (C=O) groups excluding carboxylic acids is 1. The number of nitrogens with zero attached hydrogens (tertiary/aromatic N) is 2. The van der Waals surface area contributed by atoms with Gasteiger partial charge in [0.25, 0.3) is 0 Å². The lowest BCUT2D eigenvalue weighted by Gasteiger charge is -2.17. The van der Waals surface area contributed by atoms with Gasteiger partial charge in [-0.1, -0.05) is 36.4 Å². The number of hydrogen-bond acceptors (Lipinski definition) is 4. The molecule has 1 aliphatic heterocycles. The molecule has 2 heterocycles. The first kappa shape index (κ1) is 18.2. The Morgan fingerprint density at radius 1 is 1.23 bits per heavy atom. The molecule has 0 radical (unpaired) electrons. The Morgan fingerprint density at radius 3 is 2.81 bits per heavy atom. The normalized spacial score (nSPS) is 16.5. The second-order valence-corrected chi connectivity index (χ2v) is 6.35. The summed E-state index contributed by atoms with van der Waals surface area (Å²) in [7, 11) is 1.63. The van der Waals surface area contributed by atoms with Crippen molar-refractivity contribution in [1.29, 1.82) is 0 Å². The van der Waals surface area contributed by atoms with Gasteiger partial charge in [-0.3, -0.25) is 0 Å². The Balaban J connectivity index is 1.44. The van der Waals surface area contributed by atoms with E-state index in [4.69, 9.17) is 9.47 Å². The fourth-order valence-corrected chi connectivity index (χ4v) is 3.06. The quantitative estimate of drug-likeness (QED) is 0.776. The van der Waals surface area contributed by atoms with E-state index >= 15 is 0 Å². The molecular formula is C20H25N3O3. The standard InChI is InChI=1S/C20H25N3O3/c1-25-11-12-26-19-8-7-16(13-21-19)14-22-20(24)23-10-9-18(15-23)17-5-3-2-4-6-17/h2-8,13,18H,9-12,14-15H2,1H3,(H,22,24)/t18-/m1/s1. The number of hydrogen-bond donors (Lipinski definition) is 1. The van der Waals surface area contributed by atoms with Gasteiger partial charge in [0.2, 0.25) is 5.88 Å². The Labute approximate surface area is 154 Å². The maximum atomic E-state index is 12.4. The van der Waals surface area contributed by atoms with E-state index < -0.39 is 0 Å². The van der Waals surface area contributed by atoms with Crippen LogP contribution in [0.4, 0.5) is 4.79 Å². The van der Waals surface area contributed by atoms with Gasteiger partial charge >= 0.3 is 6.03 Å². The maximum absolute atomic E-state index is 12.4. The van der Waals surface area contributed by atoms with Crippen molar-refractivity contribution in [2.45, 2.75) is 18.9 Å². The van der Waals surface area contributed by atoms with Crippen molar-refractivity contribution in [3.05, 3.63) is 59.8 Å². The van der Waals surface area contributed by atoms with E-state index in [2.05, 4.69) is 22.4 Å². The van der Waals surface area contributed by atoms with Crippen LogP contribution in [0.1, 0.15) is 23.5 Å². The second kappa shape index (κ2) is 9.20. The molecule has 1 aliphatic rings. The van der Waals surface area contributed by atoms with Crippen molar-refractivity contribution in [1.82, 2.24) is 15.2 Å². The molecule has 1 aromatic heterocycles. The molecule has 1 atom stereocenters. The number of aromatic nitrogens is 1. The minimum absolute atomic E-state index is 0.0242. The van der Waals surface area contributed by atoms with Crippen LogP contribution in [0.2, 0.25) is 0 Å². The number of amides is 2. The summed E-state index contributed by atoms with van der Waals surface area (Å²) in [5.41, 5.74) is 2.24. The van der Waals surface area contributed by atoms with E-state index in [-0.39, 0.29) is 6.03 Å². The molecule has 0 unspecified atom stereocenters. The summed E-state index contributed by atoms with van der Waals surface area (Å²) in [6.07, 6.45) is 2.73. The lowest BCUT2D eigenvalue weighted by atomic mass is 9.99. The van der Waals surface area contributed by atoms with Crippen LogP contribution in [0.25, 0.3) is 0 Å². The number of likely N-dealkylation sites (tertiary alicyclic amines) is 1. The van der Waals surface area contributed by atoms with Gasteiger partial charge in [0, 0.05) is 44.9 Å². The SMILES string of the molecule is COCCOc1ccc(CNC(=O)N2CC[C@@H](c3ccccc3)C2)cn1. The molecule has 1 N–H and O–H groups in total. The van der Waals surface area contributed by atoms with Crippen LogP contribution in [0.15, 0.2) is 48.7 Å². The van der Waals surface area contributed by atoms with Crippen LogP contribution in [0.3, 0.4) is 0 Å². The number of rotatable bonds is 7. The molecule has 1 aromatic carbocycles. The van der Waals surface area contributed by atoms with Crippen molar-refractivity contribution < 1.29 is 14.3 Å². The van der Waals surface area contributed by atoms with Gasteiger partial charge in [-0.25, -0.2) is 9.78 Å². The Kier molecular flexibility index (Phi) is 6.44. The molecular weight excluding hydrogens is 330 g/mol. The molecule has 0 spiro atoms. The molecule has 6 nitrogen and oxygen atoms in total. The van der Waals surface area contributed by atoms with Crippen molar-refractivity contribution in [3.8, 4) is 5.88 Å². The number of methoxy groups -OCH3 is 1. The summed E-state index contributed by atoms with van der Waals surface area (Å²) < 4.78 is 10.4. The van der Waals surface area contributed by atoms with Gasteiger partial charge < -0.3 is 19.7 Å². The Morgan fingerprint density at radius 2 is 2.08 bits per heavy atom. The molecule has 138 valence electrons. The zero-order valence-corrected chi connectivity index (χ0v) is 15.1. The van der Waals surface area contributed by atoms with Crippen molar-refractivity contribution in [2.24, 2.45) is 0 Å². The number of carbonyl (C=O) groups is 1. The Bertz CT molecular complexity index is 691. The van der Waals surface area contributed by atoms with Crippen LogP contribution in [0.5, 0.6) is 5.88 Å². The molecule has 0 aliphatic carbocycles. The van der Waals surface area contributed by atoms with E-state index in [1.807, 2.05) is 29.2 Å². The number of nitrogens with one attached hydrogen (secondary N) is 1. The van der Waals surface area contributed by atoms with E-state index in [1.165, 1.54) is 5.56 Å². The van der Waals surface area contributed by atoms with Gasteiger partial charge in [-0.15, -0.1) is 0 Å². The molecule has 0 saturated carbocycles. The molecule has 26 heavy (non-hydrogen) atoms. The summed E-state index contributed by atoms with van der Waals surface area (Å²) in [5, 5.41) is 2.97. The van der Waals surface area contributed by atoms with Crippen LogP contribution in [-0.4, -0.2) is 49.3 Å². The third kappa shape index (κ3) is 4.95. The average molecular weight is 355 g/mol. The Hall–Kier alpha value is -2.60. The lowest BCUT2D eigenvalue weighted by molar-refractivity contribution is 0.143. The minimum Gasteiger partial charge on any atom is -0.475 e. The summed E-state index contributed by atoms with van der Waals surface area (Å²) in [4.78, 5) is 18.5. The zero-order valence-electron chi connectivity index (χ0n) is 15.1. The maximum Gasteiger partial charge on any atom is 0.317 e. The molecule has 2 amide bonds. The molecule has 0 bridgehead atoms. The lowest BCUT2D eigenvalue weighted by Crippen LogP contribution is -2.37. The average Bonchev–Trinajstić information content (AvgIpc) is 3.18. The summed E-state index contributed by atoms with van der Waals surface area (Å²) in [5.74, 6) is 0.981. The summed E-state index contributed by atoms with van der Waals surface area (Å²) in [6, 6.07) is 14.1. The topological polar surface area (TPSA) is 63.7 Å². The van der Waals surface area contributed by atoms with Gasteiger partial charge in [0.05, 0.1) is 6.61 Å². The number of urea groups is 1. The van der Waals surface area contributed by atoms with Crippen molar-refractivity contribution >= 4 is 6.03 Å². The molecule has 6 heteroatoms. The van der Waals surface area contributed by atoms with Crippen LogP contribution >= 0.6 is 0 Å². The van der Waals surface area contributed by atoms with E-state index in [9.17, 15) is 4.79 Å². The number of pyridine rings is 1. The fourth-order valence-electron chi connectivity index (χ4n) is 3.06. The number of benzene rings is 1. The van der Waals surface area contributed by atoms with Gasteiger partial charge in [-0.05, 0) is 17.5 Å². The van der Waals surface area contributed by atoms with E-state index in [1.54, 1.807) is 19.4 Å². The second-order valence-electron chi connectivity index (χ2n) is 6.35. The molecule has 1 saturated heterocycles. The highest BCUT2D eigenvalue weighted by atomic mass is 16.5. The van der Waals surface area contributed by atoms with Crippen LogP contribution in [-0.2, 0) is 11.3 Å². The highest BCUT2D eigenvalue weighted by molar-refractivity contribution is 5.74. The van der Waals surface area contributed by atoms with Crippen LogP contribution in [0, 0.1) is 0 Å². The van der Waals surface area contributed by atoms with Gasteiger partial charge in [0.1, 0.15) is 6.61 Å². The zero-order chi connectivity index (χ0) is 18.2. The monoisotopic (exact) mass is 355 g/mol. The van der Waals surface area contributed by atoms with E-state index in [0.717, 1.165) is 25.1 Å². The molecule has 1 fully saturated rings. The molecule has 3 rings (SSSR count). The first-order valence-corrected chi connectivity index (χ1v) is 8.90. The largest absolute Gasteiger partial charge is 0.475 e. The summed E-state index contributed by atoms with van der Waals surface area (Å²) >= 11 is 0. The summed E-state index contributed by atoms with van der Waals surface area (Å²) in [6.45, 7) is 3.00. The third-order valence-corrected chi connectivity index (χ3v) is 4.53. The van der Waals surface area contributed by atoms with Crippen molar-refractivity contribution in [3.63, 3.8) is 0 Å². The predicted octanol–water partition coefficient (Wildman–Crippen LogP) is 2.81. The highest BCUT2D eigenvalue weighted by Gasteiger charge is 2.26. The third-order valence-electron chi connectivity index (χ3n) is 4.53. The van der Waals surface area contributed by atoms with E-state index in [0.29, 0.717) is 31.6 Å². The van der Waals surface area contributed by atoms with Gasteiger partial charge in [0.15, 0.2) is 0 Å². The molecule has 2 aromatic rings. The highest BCUT2D eigenvalue weighted by Crippen LogP contribution is 2.26. The minimum atomic E-state index is -0.0242. The first-order valence-electron chi connectivity index (χ1n) is 8.90. The fraction of sp³-hybridized carbons (Fsp3) is 0.400.